The summed E-state index contributed by atoms with van der Waals surface area (Å²) < 4.78 is 9.15. The molecule has 0 atom stereocenters. The fraction of sp³-hybridized carbons (Fsp3) is 0.300. The van der Waals surface area contributed by atoms with Gasteiger partial charge in [-0.25, -0.2) is 14.4 Å². The Bertz CT molecular complexity index is 353. The first-order chi connectivity index (χ1) is 8.84. The van der Waals surface area contributed by atoms with Crippen molar-refractivity contribution in [3.05, 3.63) is 24.3 Å². The normalized spacial score (nSPS) is 8.89. The number of rotatable bonds is 6. The molecule has 0 heterocycles. The van der Waals surface area contributed by atoms with Crippen molar-refractivity contribution in [2.75, 3.05) is 13.2 Å². The third kappa shape index (κ3) is 16.1. The zero-order valence-corrected chi connectivity index (χ0v) is 10.5. The summed E-state index contributed by atoms with van der Waals surface area (Å²) in [5.74, 6) is -2.63. The Labute approximate surface area is 114 Å². The fourth-order valence-electron chi connectivity index (χ4n) is 0.587. The van der Waals surface area contributed by atoms with Crippen molar-refractivity contribution < 1.29 is 29.0 Å². The summed E-state index contributed by atoms with van der Waals surface area (Å²) in [6.45, 7) is 4.61. The van der Waals surface area contributed by atoms with Crippen LogP contribution in [0.2, 0.25) is 0 Å². The van der Waals surface area contributed by atoms with E-state index in [1.165, 1.54) is 6.92 Å². The minimum absolute atomic E-state index is 0.0989. The number of hydrogen-bond acceptors (Lipinski definition) is 5. The lowest BCUT2D eigenvalue weighted by atomic mass is 9.40. The number of esters is 2. The highest BCUT2D eigenvalue weighted by atomic mass is 16.6. The van der Waals surface area contributed by atoms with Crippen LogP contribution < -0.4 is 0 Å². The first kappa shape index (κ1) is 19.4. The summed E-state index contributed by atoms with van der Waals surface area (Å²) in [5, 5.41) is 8.19. The van der Waals surface area contributed by atoms with Crippen LogP contribution >= 0.6 is 0 Å². The Morgan fingerprint density at radius 2 is 1.68 bits per heavy atom. The van der Waals surface area contributed by atoms with Crippen LogP contribution in [-0.2, 0) is 23.9 Å². The molecule has 0 unspecified atom stereocenters. The minimum Gasteiger partial charge on any atom is -0.478 e. The Kier molecular flexibility index (Phi) is 12.8. The van der Waals surface area contributed by atoms with Gasteiger partial charge < -0.3 is 14.6 Å². The van der Waals surface area contributed by atoms with Gasteiger partial charge in [0.05, 0.1) is 0 Å². The minimum atomic E-state index is -1.24. The van der Waals surface area contributed by atoms with Gasteiger partial charge in [0.15, 0.2) is 0 Å². The van der Waals surface area contributed by atoms with Gasteiger partial charge in [-0.15, -0.1) is 0 Å². The van der Waals surface area contributed by atoms with E-state index in [1.54, 1.807) is 0 Å². The van der Waals surface area contributed by atoms with E-state index < -0.39 is 17.9 Å². The van der Waals surface area contributed by atoms with Crippen LogP contribution in [0.3, 0.4) is 0 Å². The van der Waals surface area contributed by atoms with E-state index in [4.69, 9.17) is 5.11 Å². The molecule has 0 rings (SSSR count). The molecule has 0 aromatic carbocycles. The third-order valence-corrected chi connectivity index (χ3v) is 1.27. The Balaban J connectivity index is 0. The number of aliphatic carboxylic acids is 1. The lowest BCUT2D eigenvalue weighted by Crippen LogP contribution is -2.13. The number of carboxylic acids is 1. The van der Waals surface area contributed by atoms with Crippen molar-refractivity contribution >= 4 is 40.4 Å². The first-order valence-corrected chi connectivity index (χ1v) is 5.00. The Hall–Kier alpha value is -1.92. The number of carbonyl (C=O) groups is 3. The van der Waals surface area contributed by atoms with E-state index in [1.807, 2.05) is 0 Å². The zero-order valence-electron chi connectivity index (χ0n) is 10.5. The van der Waals surface area contributed by atoms with E-state index in [9.17, 15) is 14.4 Å². The molecule has 0 aromatic heterocycles. The molecule has 0 saturated carbocycles. The van der Waals surface area contributed by atoms with Gasteiger partial charge in [0.1, 0.15) is 13.2 Å². The molecule has 5 radical (unpaired) electrons. The average molecular weight is 261 g/mol. The highest BCUT2D eigenvalue weighted by Gasteiger charge is 2.03. The summed E-state index contributed by atoms with van der Waals surface area (Å²) in [7, 11) is 10.0. The maximum Gasteiger partial charge on any atom is 0.333 e. The van der Waals surface area contributed by atoms with Gasteiger partial charge >= 0.3 is 17.9 Å². The third-order valence-electron chi connectivity index (χ3n) is 1.27. The van der Waals surface area contributed by atoms with Crippen LogP contribution in [0, 0.1) is 0 Å². The quantitative estimate of drug-likeness (QED) is 0.289. The Morgan fingerprint density at radius 1 is 1.21 bits per heavy atom. The molecule has 0 aliphatic carbocycles. The van der Waals surface area contributed by atoms with Crippen molar-refractivity contribution in [2.24, 2.45) is 0 Å². The molecule has 1 N–H and O–H groups in total. The van der Waals surface area contributed by atoms with Crippen molar-refractivity contribution in [3.63, 3.8) is 0 Å². The summed E-state index contributed by atoms with van der Waals surface area (Å²) >= 11 is 0. The number of ether oxygens (including phenoxy) is 2. The topological polar surface area (TPSA) is 89.9 Å². The van der Waals surface area contributed by atoms with Gasteiger partial charge in [-0.05, 0) is 6.92 Å². The van der Waals surface area contributed by atoms with Crippen LogP contribution in [0.1, 0.15) is 6.92 Å². The predicted molar refractivity (Wildman–Crippen MR) is 70.8 cm³/mol. The van der Waals surface area contributed by atoms with E-state index in [0.29, 0.717) is 6.08 Å². The molecule has 0 aliphatic heterocycles. The summed E-state index contributed by atoms with van der Waals surface area (Å²) in [4.78, 5) is 31.7. The summed E-state index contributed by atoms with van der Waals surface area (Å²) in [6.07, 6.45) is 1.42. The highest BCUT2D eigenvalue weighted by molar-refractivity contribution is 7.17. The molecular formula is C10H12B3O6. The van der Waals surface area contributed by atoms with Gasteiger partial charge in [0.2, 0.25) is 0 Å². The van der Waals surface area contributed by atoms with Crippen LogP contribution in [0.25, 0.3) is 0 Å². The summed E-state index contributed by atoms with van der Waals surface area (Å²) in [5.41, 5.74) is 0.247. The molecule has 19 heavy (non-hydrogen) atoms. The van der Waals surface area contributed by atoms with E-state index in [-0.39, 0.29) is 18.8 Å². The van der Waals surface area contributed by atoms with E-state index in [2.05, 4.69) is 31.5 Å². The van der Waals surface area contributed by atoms with Crippen LogP contribution in [0.5, 0.6) is 0 Å². The molecule has 0 saturated heterocycles. The molecule has 0 aromatic rings. The van der Waals surface area contributed by atoms with Crippen LogP contribution in [-0.4, -0.2) is 58.8 Å². The molecular weight excluding hydrogens is 249 g/mol. The van der Waals surface area contributed by atoms with Crippen molar-refractivity contribution in [3.8, 4) is 0 Å². The van der Waals surface area contributed by atoms with Gasteiger partial charge in [0, 0.05) is 40.3 Å². The number of hydrogen-bond donors (Lipinski definition) is 1. The monoisotopic (exact) mass is 261 g/mol. The van der Waals surface area contributed by atoms with E-state index >= 15 is 0 Å². The molecule has 0 spiro atoms. The van der Waals surface area contributed by atoms with Gasteiger partial charge in [0.25, 0.3) is 0 Å². The molecule has 0 amide bonds. The molecule has 97 valence electrons. The first-order valence-electron chi connectivity index (χ1n) is 5.00. The van der Waals surface area contributed by atoms with Crippen molar-refractivity contribution in [1.29, 1.82) is 0 Å². The Morgan fingerprint density at radius 3 is 2.11 bits per heavy atom. The molecule has 0 bridgehead atoms. The van der Waals surface area contributed by atoms with Crippen LogP contribution in [0.4, 0.5) is 0 Å². The fourth-order valence-corrected chi connectivity index (χ4v) is 0.587. The second-order valence-electron chi connectivity index (χ2n) is 2.95. The SMILES string of the molecule is C=C(C)C(=O)OCCOC(=O)/C=C/C(=O)O.[B][B][B]. The lowest BCUT2D eigenvalue weighted by molar-refractivity contribution is -0.146. The standard InChI is InChI=1S/C10H12O6.B3/c1-7(2)10(14)16-6-5-15-9(13)4-3-8(11)12;1-3-2/h3-4H,1,5-6H2,2H3,(H,11,12);/b4-3+;. The van der Waals surface area contributed by atoms with Crippen molar-refractivity contribution in [2.45, 2.75) is 6.92 Å². The maximum absolute atomic E-state index is 10.8. The van der Waals surface area contributed by atoms with Gasteiger partial charge in [-0.2, -0.15) is 0 Å². The average Bonchev–Trinajstić information content (AvgIpc) is 2.32. The largest absolute Gasteiger partial charge is 0.478 e. The second-order valence-corrected chi connectivity index (χ2v) is 2.95. The second kappa shape index (κ2) is 12.5. The maximum atomic E-state index is 10.8. The smallest absolute Gasteiger partial charge is 0.333 e. The van der Waals surface area contributed by atoms with Crippen molar-refractivity contribution in [1.82, 2.24) is 0 Å². The van der Waals surface area contributed by atoms with Gasteiger partial charge in [-0.1, -0.05) is 6.58 Å². The number of carboxylic acid groups (broad SMARTS) is 1. The van der Waals surface area contributed by atoms with Crippen LogP contribution in [0.15, 0.2) is 24.3 Å². The number of carbonyl (C=O) groups excluding carboxylic acids is 2. The van der Waals surface area contributed by atoms with E-state index in [0.717, 1.165) is 13.1 Å². The highest BCUT2D eigenvalue weighted by Crippen LogP contribution is 1.92. The summed E-state index contributed by atoms with van der Waals surface area (Å²) in [6, 6.07) is 0. The van der Waals surface area contributed by atoms with Gasteiger partial charge in [-0.3, -0.25) is 0 Å². The zero-order chi connectivity index (χ0) is 15.3. The molecule has 6 nitrogen and oxygen atoms in total. The molecule has 9 heteroatoms. The molecule has 0 aliphatic rings. The molecule has 0 fully saturated rings. The predicted octanol–water partition coefficient (Wildman–Crippen LogP) is -0.853. The lowest BCUT2D eigenvalue weighted by Gasteiger charge is -2.03.